The van der Waals surface area contributed by atoms with Crippen molar-refractivity contribution in [1.29, 1.82) is 0 Å². The maximum Gasteiger partial charge on any atom is 0.408 e. The van der Waals surface area contributed by atoms with Gasteiger partial charge in [0.15, 0.2) is 0 Å². The fourth-order valence-corrected chi connectivity index (χ4v) is 2.16. The minimum absolute atomic E-state index is 0.361. The lowest BCUT2D eigenvalue weighted by Crippen LogP contribution is -2.47. The van der Waals surface area contributed by atoms with E-state index in [0.717, 1.165) is 0 Å². The number of nitrogens with two attached hydrogens (primary N) is 1. The molecule has 0 fully saturated rings. The van der Waals surface area contributed by atoms with Crippen molar-refractivity contribution >= 4 is 51.1 Å². The number of amides is 3. The van der Waals surface area contributed by atoms with Gasteiger partial charge in [0.1, 0.15) is 11.6 Å². The van der Waals surface area contributed by atoms with Crippen LogP contribution in [0.4, 0.5) is 10.5 Å². The summed E-state index contributed by atoms with van der Waals surface area (Å²) in [5, 5.41) is 5.40. The molecule has 1 rings (SSSR count). The number of anilines is 1. The van der Waals surface area contributed by atoms with E-state index in [1.54, 1.807) is 39.0 Å². The quantitative estimate of drug-likeness (QED) is 0.680. The molecule has 0 aliphatic rings. The summed E-state index contributed by atoms with van der Waals surface area (Å²) in [6.45, 7) is 5.04. The van der Waals surface area contributed by atoms with Gasteiger partial charge in [-0.15, -0.1) is 0 Å². The van der Waals surface area contributed by atoms with E-state index in [-0.39, 0.29) is 6.42 Å². The van der Waals surface area contributed by atoms with Crippen LogP contribution in [-0.4, -0.2) is 29.6 Å². The van der Waals surface area contributed by atoms with Crippen molar-refractivity contribution in [2.24, 2.45) is 5.73 Å². The fourth-order valence-electron chi connectivity index (χ4n) is 1.66. The molecule has 0 radical (unpaired) electrons. The van der Waals surface area contributed by atoms with Gasteiger partial charge in [-0.3, -0.25) is 9.59 Å². The molecule has 132 valence electrons. The summed E-state index contributed by atoms with van der Waals surface area (Å²) in [5.41, 5.74) is 4.84. The normalized spacial score (nSPS) is 12.2. The summed E-state index contributed by atoms with van der Waals surface area (Å²) >= 11 is 9.12. The van der Waals surface area contributed by atoms with Gasteiger partial charge in [-0.1, -0.05) is 11.6 Å². The Bertz CT molecular complexity index is 646. The molecule has 0 saturated carbocycles. The molecule has 0 aliphatic heterocycles. The molecule has 0 aromatic heterocycles. The highest BCUT2D eigenvalue weighted by Crippen LogP contribution is 2.25. The lowest BCUT2D eigenvalue weighted by atomic mass is 10.1. The van der Waals surface area contributed by atoms with Crippen LogP contribution in [0.15, 0.2) is 22.7 Å². The van der Waals surface area contributed by atoms with Crippen molar-refractivity contribution < 1.29 is 19.1 Å². The van der Waals surface area contributed by atoms with E-state index >= 15 is 0 Å². The van der Waals surface area contributed by atoms with Crippen molar-refractivity contribution in [2.45, 2.75) is 38.8 Å². The Morgan fingerprint density at radius 1 is 1.33 bits per heavy atom. The van der Waals surface area contributed by atoms with E-state index in [0.29, 0.717) is 15.2 Å². The molecule has 7 nitrogen and oxygen atoms in total. The van der Waals surface area contributed by atoms with Crippen LogP contribution in [0.25, 0.3) is 0 Å². The van der Waals surface area contributed by atoms with E-state index in [1.165, 1.54) is 0 Å². The van der Waals surface area contributed by atoms with E-state index in [2.05, 4.69) is 26.6 Å². The number of hydrogen-bond donors (Lipinski definition) is 3. The van der Waals surface area contributed by atoms with Crippen LogP contribution in [-0.2, 0) is 14.3 Å². The van der Waals surface area contributed by atoms with Gasteiger partial charge < -0.3 is 21.1 Å². The number of alkyl carbamates (subject to hydrolysis) is 1. The molecule has 0 bridgehead atoms. The van der Waals surface area contributed by atoms with Gasteiger partial charge in [0.05, 0.1) is 11.4 Å². The molecule has 0 aliphatic carbocycles. The van der Waals surface area contributed by atoms with Crippen LogP contribution < -0.4 is 16.4 Å². The first kappa shape index (κ1) is 20.2. The van der Waals surface area contributed by atoms with Gasteiger partial charge in [-0.05, 0) is 54.9 Å². The van der Waals surface area contributed by atoms with Gasteiger partial charge in [-0.25, -0.2) is 4.79 Å². The average molecular weight is 421 g/mol. The first-order valence-corrected chi connectivity index (χ1v) is 8.19. The Morgan fingerprint density at radius 2 is 1.96 bits per heavy atom. The maximum absolute atomic E-state index is 12.3. The second-order valence-corrected chi connectivity index (χ2v) is 7.25. The smallest absolute Gasteiger partial charge is 0.408 e. The third-order valence-corrected chi connectivity index (χ3v) is 3.81. The summed E-state index contributed by atoms with van der Waals surface area (Å²) in [4.78, 5) is 35.3. The zero-order chi connectivity index (χ0) is 18.5. The van der Waals surface area contributed by atoms with Crippen molar-refractivity contribution in [3.63, 3.8) is 0 Å². The molecule has 1 aromatic rings. The lowest BCUT2D eigenvalue weighted by Gasteiger charge is -2.22. The summed E-state index contributed by atoms with van der Waals surface area (Å²) in [5.74, 6) is -1.34. The number of benzene rings is 1. The van der Waals surface area contributed by atoms with Crippen LogP contribution in [0, 0.1) is 0 Å². The van der Waals surface area contributed by atoms with E-state index in [1.807, 2.05) is 0 Å². The highest BCUT2D eigenvalue weighted by molar-refractivity contribution is 9.10. The predicted molar refractivity (Wildman–Crippen MR) is 94.8 cm³/mol. The second-order valence-electron chi connectivity index (χ2n) is 5.99. The Balaban J connectivity index is 2.82. The third kappa shape index (κ3) is 7.18. The monoisotopic (exact) mass is 419 g/mol. The first-order chi connectivity index (χ1) is 11.0. The number of carbonyl (C=O) groups excluding carboxylic acids is 3. The minimum atomic E-state index is -1.16. The van der Waals surface area contributed by atoms with E-state index < -0.39 is 29.6 Å². The van der Waals surface area contributed by atoms with Crippen LogP contribution in [0.2, 0.25) is 5.02 Å². The molecule has 0 spiro atoms. The molecule has 9 heteroatoms. The topological polar surface area (TPSA) is 111 Å². The summed E-state index contributed by atoms with van der Waals surface area (Å²) in [6, 6.07) is 3.60. The van der Waals surface area contributed by atoms with Crippen LogP contribution in [0.1, 0.15) is 27.2 Å². The van der Waals surface area contributed by atoms with Crippen LogP contribution in [0.3, 0.4) is 0 Å². The van der Waals surface area contributed by atoms with E-state index in [9.17, 15) is 14.4 Å². The predicted octanol–water partition coefficient (Wildman–Crippen LogP) is 2.81. The van der Waals surface area contributed by atoms with Gasteiger partial charge in [0.25, 0.3) is 0 Å². The molecule has 4 N–H and O–H groups in total. The number of primary amides is 1. The van der Waals surface area contributed by atoms with Gasteiger partial charge >= 0.3 is 6.09 Å². The number of rotatable bonds is 5. The number of hydrogen-bond acceptors (Lipinski definition) is 4. The van der Waals surface area contributed by atoms with E-state index in [4.69, 9.17) is 22.1 Å². The standard InChI is InChI=1S/C15H19BrClN3O4/c1-15(2,3)24-14(23)20-11(7-12(18)21)13(22)19-8-4-5-10(17)9(16)6-8/h4-6,11H,7H2,1-3H3,(H2,18,21)(H,19,22)(H,20,23)/t11-/m0/s1. The Labute approximate surface area is 153 Å². The molecule has 3 amide bonds. The number of nitrogens with one attached hydrogen (secondary N) is 2. The second kappa shape index (κ2) is 8.34. The molecule has 24 heavy (non-hydrogen) atoms. The van der Waals surface area contributed by atoms with Gasteiger partial charge in [-0.2, -0.15) is 0 Å². The minimum Gasteiger partial charge on any atom is -0.444 e. The first-order valence-electron chi connectivity index (χ1n) is 7.01. The van der Waals surface area contributed by atoms with Gasteiger partial charge in [0, 0.05) is 10.2 Å². The van der Waals surface area contributed by atoms with Crippen molar-refractivity contribution in [2.75, 3.05) is 5.32 Å². The molecule has 0 saturated heterocycles. The zero-order valence-corrected chi connectivity index (χ0v) is 15.8. The highest BCUT2D eigenvalue weighted by atomic mass is 79.9. The summed E-state index contributed by atoms with van der Waals surface area (Å²) in [6.07, 6.45) is -1.18. The van der Waals surface area contributed by atoms with Crippen molar-refractivity contribution in [1.82, 2.24) is 5.32 Å². The molecular weight excluding hydrogens is 402 g/mol. The number of ether oxygens (including phenoxy) is 1. The van der Waals surface area contributed by atoms with Gasteiger partial charge in [0.2, 0.25) is 11.8 Å². The van der Waals surface area contributed by atoms with Crippen molar-refractivity contribution in [3.8, 4) is 0 Å². The number of halogens is 2. The fraction of sp³-hybridized carbons (Fsp3) is 0.400. The Hall–Kier alpha value is -1.80. The largest absolute Gasteiger partial charge is 0.444 e. The Kier molecular flexibility index (Phi) is 7.04. The summed E-state index contributed by atoms with van der Waals surface area (Å²) < 4.78 is 5.67. The molecular formula is C15H19BrClN3O4. The SMILES string of the molecule is CC(C)(C)OC(=O)N[C@@H](CC(N)=O)C(=O)Nc1ccc(Cl)c(Br)c1. The third-order valence-electron chi connectivity index (χ3n) is 2.60. The zero-order valence-electron chi connectivity index (χ0n) is 13.5. The highest BCUT2D eigenvalue weighted by Gasteiger charge is 2.26. The molecule has 0 heterocycles. The summed E-state index contributed by atoms with van der Waals surface area (Å²) in [7, 11) is 0. The van der Waals surface area contributed by atoms with Crippen LogP contribution >= 0.6 is 27.5 Å². The van der Waals surface area contributed by atoms with Crippen LogP contribution in [0.5, 0.6) is 0 Å². The van der Waals surface area contributed by atoms with Crippen molar-refractivity contribution in [3.05, 3.63) is 27.7 Å². The lowest BCUT2D eigenvalue weighted by molar-refractivity contribution is -0.124. The molecule has 1 atom stereocenters. The number of carbonyl (C=O) groups is 3. The molecule has 1 aromatic carbocycles. The average Bonchev–Trinajstić information content (AvgIpc) is 2.39. The molecule has 0 unspecified atom stereocenters. The maximum atomic E-state index is 12.3. The Morgan fingerprint density at radius 3 is 2.46 bits per heavy atom.